The number of aromatic hydroxyl groups is 1. The average Bonchev–Trinajstić information content (AvgIpc) is 2.65. The number of carbonyl (C=O) groups excluding carboxylic acids is 2. The van der Waals surface area contributed by atoms with Crippen LogP contribution in [0.5, 0.6) is 5.75 Å². The van der Waals surface area contributed by atoms with E-state index in [0.29, 0.717) is 0 Å². The number of aliphatic hydroxyl groups is 4. The molecule has 1 aromatic heterocycles. The second-order valence-electron chi connectivity index (χ2n) is 6.62. The normalized spacial score (nSPS) is 12.5. The number of aliphatic hydroxyl groups excluding tert-OH is 4. The predicted octanol–water partition coefficient (Wildman–Crippen LogP) is -1.30. The van der Waals surface area contributed by atoms with E-state index < -0.39 is 36.6 Å². The maximum absolute atomic E-state index is 11.8. The summed E-state index contributed by atoms with van der Waals surface area (Å²) in [7, 11) is 0. The molecule has 0 unspecified atom stereocenters. The summed E-state index contributed by atoms with van der Waals surface area (Å²) in [5.41, 5.74) is -0.629. The van der Waals surface area contributed by atoms with Gasteiger partial charge in [-0.1, -0.05) is 13.8 Å². The number of hydrogen-bond donors (Lipinski definition) is 6. The monoisotopic (exact) mass is 386 g/mol. The van der Waals surface area contributed by atoms with Gasteiger partial charge < -0.3 is 35.6 Å². The molecular weight excluding hydrogens is 360 g/mol. The molecule has 0 aliphatic carbocycles. The Bertz CT molecular complexity index is 663. The molecule has 0 bridgehead atoms. The van der Waals surface area contributed by atoms with Crippen LogP contribution in [0.15, 0.2) is 6.20 Å². The van der Waals surface area contributed by atoms with Gasteiger partial charge in [0.15, 0.2) is 0 Å². The van der Waals surface area contributed by atoms with Crippen LogP contribution in [-0.2, 0) is 34.1 Å². The number of rotatable bonds is 10. The number of aromatic nitrogens is 1. The molecule has 1 amide bonds. The molecule has 6 N–H and O–H groups in total. The predicted molar refractivity (Wildman–Crippen MR) is 92.0 cm³/mol. The van der Waals surface area contributed by atoms with Crippen molar-refractivity contribution in [3.05, 3.63) is 23.0 Å². The molecule has 1 rings (SSSR count). The number of nitrogens with one attached hydrogen (secondary N) is 1. The maximum Gasteiger partial charge on any atom is 0.307 e. The zero-order chi connectivity index (χ0) is 20.6. The summed E-state index contributed by atoms with van der Waals surface area (Å²) in [6, 6.07) is 0. The highest BCUT2D eigenvalue weighted by molar-refractivity contribution is 5.81. The summed E-state index contributed by atoms with van der Waals surface area (Å²) in [5.74, 6) is -1.75. The van der Waals surface area contributed by atoms with E-state index in [1.165, 1.54) is 20.0 Å². The van der Waals surface area contributed by atoms with E-state index in [9.17, 15) is 24.9 Å². The standard InChI is InChI=1S/C17H26N2O8/c1-17(2,9-22)15(25)16(26)18-4-3-13(23)27-8-12-14(24)11(7-21)10(6-20)5-19-12/h5,15,20-22,24-25H,3-4,6-9H2,1-2H3,(H,18,26)/t15-/m0/s1. The Kier molecular flexibility index (Phi) is 8.57. The van der Waals surface area contributed by atoms with Crippen molar-refractivity contribution in [3.8, 4) is 5.75 Å². The van der Waals surface area contributed by atoms with Crippen LogP contribution >= 0.6 is 0 Å². The van der Waals surface area contributed by atoms with Crippen LogP contribution in [0, 0.1) is 5.41 Å². The first kappa shape index (κ1) is 22.8. The lowest BCUT2D eigenvalue weighted by Gasteiger charge is -2.27. The van der Waals surface area contributed by atoms with Crippen molar-refractivity contribution in [3.63, 3.8) is 0 Å². The molecule has 0 spiro atoms. The molecule has 0 aliphatic rings. The zero-order valence-corrected chi connectivity index (χ0v) is 15.3. The summed E-state index contributed by atoms with van der Waals surface area (Å²) in [5, 5.41) is 49.7. The second kappa shape index (κ2) is 10.2. The number of ether oxygens (including phenoxy) is 1. The van der Waals surface area contributed by atoms with Gasteiger partial charge in [-0.05, 0) is 0 Å². The van der Waals surface area contributed by atoms with E-state index in [2.05, 4.69) is 10.3 Å². The van der Waals surface area contributed by atoms with E-state index >= 15 is 0 Å². The minimum absolute atomic E-state index is 0.0220. The molecule has 0 saturated heterocycles. The van der Waals surface area contributed by atoms with Gasteiger partial charge in [-0.3, -0.25) is 14.6 Å². The summed E-state index contributed by atoms with van der Waals surface area (Å²) < 4.78 is 4.95. The molecule has 1 aromatic rings. The van der Waals surface area contributed by atoms with Gasteiger partial charge in [-0.15, -0.1) is 0 Å². The first-order valence-electron chi connectivity index (χ1n) is 8.30. The Balaban J connectivity index is 2.50. The third kappa shape index (κ3) is 6.14. The number of esters is 1. The highest BCUT2D eigenvalue weighted by Crippen LogP contribution is 2.25. The number of carbonyl (C=O) groups is 2. The highest BCUT2D eigenvalue weighted by atomic mass is 16.5. The van der Waals surface area contributed by atoms with E-state index in [4.69, 9.17) is 14.9 Å². The van der Waals surface area contributed by atoms with Crippen LogP contribution in [-0.4, -0.2) is 61.6 Å². The molecule has 1 heterocycles. The minimum Gasteiger partial charge on any atom is -0.506 e. The SMILES string of the molecule is CC(C)(CO)[C@@H](O)C(=O)NCCC(=O)OCc1ncc(CO)c(CO)c1O. The summed E-state index contributed by atoms with van der Waals surface area (Å²) in [6.07, 6.45) is -0.346. The third-order valence-electron chi connectivity index (χ3n) is 4.05. The van der Waals surface area contributed by atoms with Crippen molar-refractivity contribution >= 4 is 11.9 Å². The minimum atomic E-state index is -1.43. The fourth-order valence-corrected chi connectivity index (χ4v) is 2.09. The fourth-order valence-electron chi connectivity index (χ4n) is 2.09. The van der Waals surface area contributed by atoms with Gasteiger partial charge in [0.05, 0.1) is 26.2 Å². The number of pyridine rings is 1. The lowest BCUT2D eigenvalue weighted by Crippen LogP contribution is -2.46. The molecule has 0 aromatic carbocycles. The number of nitrogens with zero attached hydrogens (tertiary/aromatic N) is 1. The van der Waals surface area contributed by atoms with E-state index in [1.54, 1.807) is 0 Å². The Morgan fingerprint density at radius 2 is 1.93 bits per heavy atom. The Morgan fingerprint density at radius 1 is 1.26 bits per heavy atom. The van der Waals surface area contributed by atoms with E-state index in [-0.39, 0.29) is 48.7 Å². The van der Waals surface area contributed by atoms with Crippen molar-refractivity contribution in [2.75, 3.05) is 13.2 Å². The largest absolute Gasteiger partial charge is 0.506 e. The van der Waals surface area contributed by atoms with Crippen molar-refractivity contribution in [2.24, 2.45) is 5.41 Å². The van der Waals surface area contributed by atoms with Crippen LogP contribution in [0.25, 0.3) is 0 Å². The van der Waals surface area contributed by atoms with Crippen LogP contribution in [0.4, 0.5) is 0 Å². The molecule has 0 saturated carbocycles. The summed E-state index contributed by atoms with van der Waals surface area (Å²) in [4.78, 5) is 27.4. The zero-order valence-electron chi connectivity index (χ0n) is 15.3. The topological polar surface area (TPSA) is 169 Å². The van der Waals surface area contributed by atoms with Crippen molar-refractivity contribution < 1.29 is 39.9 Å². The van der Waals surface area contributed by atoms with Crippen molar-refractivity contribution in [1.82, 2.24) is 10.3 Å². The number of hydrogen-bond acceptors (Lipinski definition) is 9. The Labute approximate surface area is 156 Å². The fraction of sp³-hybridized carbons (Fsp3) is 0.588. The second-order valence-corrected chi connectivity index (χ2v) is 6.62. The third-order valence-corrected chi connectivity index (χ3v) is 4.05. The van der Waals surface area contributed by atoms with Crippen LogP contribution < -0.4 is 5.32 Å². The first-order valence-corrected chi connectivity index (χ1v) is 8.30. The summed E-state index contributed by atoms with van der Waals surface area (Å²) >= 11 is 0. The van der Waals surface area contributed by atoms with Gasteiger partial charge in [0.25, 0.3) is 0 Å². The van der Waals surface area contributed by atoms with Gasteiger partial charge >= 0.3 is 5.97 Å². The van der Waals surface area contributed by atoms with E-state index in [1.807, 2.05) is 0 Å². The molecule has 1 atom stereocenters. The van der Waals surface area contributed by atoms with Crippen molar-refractivity contribution in [1.29, 1.82) is 0 Å². The molecule has 10 nitrogen and oxygen atoms in total. The lowest BCUT2D eigenvalue weighted by molar-refractivity contribution is -0.145. The van der Waals surface area contributed by atoms with Crippen molar-refractivity contribution in [2.45, 2.75) is 46.2 Å². The van der Waals surface area contributed by atoms with Gasteiger partial charge in [-0.25, -0.2) is 0 Å². The molecule has 27 heavy (non-hydrogen) atoms. The molecule has 0 fully saturated rings. The molecule has 10 heteroatoms. The average molecular weight is 386 g/mol. The van der Waals surface area contributed by atoms with Gasteiger partial charge in [0.2, 0.25) is 5.91 Å². The first-order chi connectivity index (χ1) is 12.7. The molecule has 0 aliphatic heterocycles. The van der Waals surface area contributed by atoms with Crippen LogP contribution in [0.1, 0.15) is 37.1 Å². The lowest BCUT2D eigenvalue weighted by atomic mass is 9.87. The van der Waals surface area contributed by atoms with Gasteiger partial charge in [0, 0.05) is 29.3 Å². The smallest absolute Gasteiger partial charge is 0.307 e. The summed E-state index contributed by atoms with van der Waals surface area (Å²) in [6.45, 7) is 1.31. The van der Waals surface area contributed by atoms with Gasteiger partial charge in [-0.2, -0.15) is 0 Å². The van der Waals surface area contributed by atoms with Gasteiger partial charge in [0.1, 0.15) is 24.2 Å². The van der Waals surface area contributed by atoms with E-state index in [0.717, 1.165) is 0 Å². The molecule has 0 radical (unpaired) electrons. The highest BCUT2D eigenvalue weighted by Gasteiger charge is 2.32. The number of amides is 1. The quantitative estimate of drug-likeness (QED) is 0.268. The molecular formula is C17H26N2O8. The molecule has 152 valence electrons. The Morgan fingerprint density at radius 3 is 2.48 bits per heavy atom. The van der Waals surface area contributed by atoms with Crippen LogP contribution in [0.3, 0.4) is 0 Å². The van der Waals surface area contributed by atoms with Crippen LogP contribution in [0.2, 0.25) is 0 Å². The Hall–Kier alpha value is -2.27. The maximum atomic E-state index is 11.8.